The summed E-state index contributed by atoms with van der Waals surface area (Å²) in [6.45, 7) is 6.89. The van der Waals surface area contributed by atoms with Crippen LogP contribution >= 0.6 is 23.8 Å². The maximum Gasteiger partial charge on any atom is 0.226 e. The number of ether oxygens (including phenoxy) is 1. The molecular formula is C17H28ClN5O2S. The second-order valence-corrected chi connectivity index (χ2v) is 8.04. The molecule has 1 saturated carbocycles. The molecule has 1 aliphatic carbocycles. The maximum absolute atomic E-state index is 9.58. The molecule has 0 saturated heterocycles. The predicted octanol–water partition coefficient (Wildman–Crippen LogP) is 2.42. The summed E-state index contributed by atoms with van der Waals surface area (Å²) in [6, 6.07) is 0.0133. The highest BCUT2D eigenvalue weighted by Crippen LogP contribution is 2.42. The van der Waals surface area contributed by atoms with E-state index < -0.39 is 0 Å². The van der Waals surface area contributed by atoms with Gasteiger partial charge in [0.05, 0.1) is 12.2 Å². The van der Waals surface area contributed by atoms with Crippen molar-refractivity contribution in [1.82, 2.24) is 9.97 Å². The van der Waals surface area contributed by atoms with Gasteiger partial charge in [-0.2, -0.15) is 4.98 Å². The number of anilines is 2. The maximum atomic E-state index is 9.58. The highest BCUT2D eigenvalue weighted by atomic mass is 35.5. The molecular weight excluding hydrogens is 374 g/mol. The lowest BCUT2D eigenvalue weighted by molar-refractivity contribution is 0.187. The Labute approximate surface area is 165 Å². The summed E-state index contributed by atoms with van der Waals surface area (Å²) < 4.78 is 5.13. The van der Waals surface area contributed by atoms with Gasteiger partial charge in [0.2, 0.25) is 5.95 Å². The standard InChI is InChI=1S/C17H28ClN5O2S/c1-9(8-25-4)20-16-21-13(18)12(14(19)26)15(22-16)23-17(3)6-5-11(7-24)10(17)2/h9-11,24H,5-8H2,1-4H3,(H2,19,26)(H2,20,21,22,23). The van der Waals surface area contributed by atoms with E-state index in [4.69, 9.17) is 34.3 Å². The lowest BCUT2D eigenvalue weighted by Crippen LogP contribution is -2.40. The van der Waals surface area contributed by atoms with Gasteiger partial charge in [0.1, 0.15) is 16.0 Å². The van der Waals surface area contributed by atoms with Crippen LogP contribution in [-0.2, 0) is 4.74 Å². The summed E-state index contributed by atoms with van der Waals surface area (Å²) in [5.74, 6) is 1.40. The van der Waals surface area contributed by atoms with Gasteiger partial charge in [0.25, 0.3) is 0 Å². The summed E-state index contributed by atoms with van der Waals surface area (Å²) in [5, 5.41) is 16.4. The average Bonchev–Trinajstić information content (AvgIpc) is 2.81. The largest absolute Gasteiger partial charge is 0.396 e. The fourth-order valence-electron chi connectivity index (χ4n) is 3.50. The number of halogens is 1. The number of methoxy groups -OCH3 is 1. The van der Waals surface area contributed by atoms with E-state index in [9.17, 15) is 5.11 Å². The molecule has 1 heterocycles. The van der Waals surface area contributed by atoms with Crippen LogP contribution in [-0.4, -0.2) is 52.0 Å². The molecule has 9 heteroatoms. The molecule has 7 nitrogen and oxygen atoms in total. The van der Waals surface area contributed by atoms with E-state index in [1.807, 2.05) is 6.92 Å². The molecule has 0 spiro atoms. The second kappa shape index (κ2) is 8.65. The first-order chi connectivity index (χ1) is 12.2. The fraction of sp³-hybridized carbons (Fsp3) is 0.706. The molecule has 1 aromatic heterocycles. The van der Waals surface area contributed by atoms with Gasteiger partial charge in [0, 0.05) is 25.3 Å². The number of rotatable bonds is 8. The minimum atomic E-state index is -0.250. The third kappa shape index (κ3) is 4.54. The van der Waals surface area contributed by atoms with Crippen LogP contribution in [0.3, 0.4) is 0 Å². The van der Waals surface area contributed by atoms with E-state index in [0.717, 1.165) is 12.8 Å². The van der Waals surface area contributed by atoms with Gasteiger partial charge in [0.15, 0.2) is 0 Å². The van der Waals surface area contributed by atoms with Crippen LogP contribution in [0.15, 0.2) is 0 Å². The van der Waals surface area contributed by atoms with Gasteiger partial charge in [-0.15, -0.1) is 0 Å². The summed E-state index contributed by atoms with van der Waals surface area (Å²) in [7, 11) is 1.63. The van der Waals surface area contributed by atoms with Crippen LogP contribution in [0.4, 0.5) is 11.8 Å². The van der Waals surface area contributed by atoms with Crippen molar-refractivity contribution in [2.45, 2.75) is 45.2 Å². The van der Waals surface area contributed by atoms with Crippen molar-refractivity contribution in [2.24, 2.45) is 17.6 Å². The lowest BCUT2D eigenvalue weighted by atomic mass is 9.86. The minimum Gasteiger partial charge on any atom is -0.396 e. The highest BCUT2D eigenvalue weighted by Gasteiger charge is 2.42. The Kier molecular flexibility index (Phi) is 7.01. The first-order valence-corrected chi connectivity index (χ1v) is 9.52. The Hall–Kier alpha value is -1.22. The van der Waals surface area contributed by atoms with Crippen molar-refractivity contribution in [3.63, 3.8) is 0 Å². The average molecular weight is 402 g/mol. The van der Waals surface area contributed by atoms with E-state index in [0.29, 0.717) is 23.9 Å². The van der Waals surface area contributed by atoms with Gasteiger partial charge in [-0.05, 0) is 38.5 Å². The molecule has 26 heavy (non-hydrogen) atoms. The fourth-order valence-corrected chi connectivity index (χ4v) is 4.02. The van der Waals surface area contributed by atoms with Gasteiger partial charge >= 0.3 is 0 Å². The third-order valence-corrected chi connectivity index (χ3v) is 5.77. The minimum absolute atomic E-state index is 0.0133. The molecule has 1 aliphatic rings. The van der Waals surface area contributed by atoms with E-state index in [1.54, 1.807) is 7.11 Å². The first-order valence-electron chi connectivity index (χ1n) is 8.73. The van der Waals surface area contributed by atoms with Crippen molar-refractivity contribution >= 4 is 40.6 Å². The monoisotopic (exact) mass is 401 g/mol. The van der Waals surface area contributed by atoms with Gasteiger partial charge in [-0.25, -0.2) is 4.98 Å². The van der Waals surface area contributed by atoms with Gasteiger partial charge in [-0.1, -0.05) is 30.7 Å². The van der Waals surface area contributed by atoms with Crippen LogP contribution in [0.5, 0.6) is 0 Å². The Balaban J connectivity index is 2.35. The smallest absolute Gasteiger partial charge is 0.226 e. The Morgan fingerprint density at radius 2 is 2.23 bits per heavy atom. The SMILES string of the molecule is COCC(C)Nc1nc(Cl)c(C(N)=S)c(NC2(C)CCC(CO)C2C)n1. The molecule has 2 rings (SSSR count). The van der Waals surface area contributed by atoms with Gasteiger partial charge < -0.3 is 26.2 Å². The van der Waals surface area contributed by atoms with Crippen molar-refractivity contribution in [1.29, 1.82) is 0 Å². The molecule has 146 valence electrons. The first kappa shape index (κ1) is 21.1. The van der Waals surface area contributed by atoms with Crippen LogP contribution in [0.25, 0.3) is 0 Å². The number of nitrogens with two attached hydrogens (primary N) is 1. The van der Waals surface area contributed by atoms with E-state index in [1.165, 1.54) is 0 Å². The van der Waals surface area contributed by atoms with E-state index in [2.05, 4.69) is 34.4 Å². The third-order valence-electron chi connectivity index (χ3n) is 5.29. The molecule has 4 atom stereocenters. The quantitative estimate of drug-likeness (QED) is 0.389. The number of nitrogens with zero attached hydrogens (tertiary/aromatic N) is 2. The summed E-state index contributed by atoms with van der Waals surface area (Å²) >= 11 is 11.5. The summed E-state index contributed by atoms with van der Waals surface area (Å²) in [6.07, 6.45) is 1.85. The second-order valence-electron chi connectivity index (χ2n) is 7.24. The lowest BCUT2D eigenvalue weighted by Gasteiger charge is -2.34. The topological polar surface area (TPSA) is 105 Å². The Morgan fingerprint density at radius 3 is 2.77 bits per heavy atom. The molecule has 0 radical (unpaired) electrons. The number of hydrogen-bond acceptors (Lipinski definition) is 7. The number of hydrogen-bond donors (Lipinski definition) is 4. The van der Waals surface area contributed by atoms with Crippen LogP contribution in [0.2, 0.25) is 5.15 Å². The highest BCUT2D eigenvalue weighted by molar-refractivity contribution is 7.80. The molecule has 4 unspecified atom stereocenters. The molecule has 0 amide bonds. The molecule has 1 fully saturated rings. The van der Waals surface area contributed by atoms with Gasteiger partial charge in [-0.3, -0.25) is 0 Å². The number of aliphatic hydroxyl groups is 1. The zero-order chi connectivity index (χ0) is 19.5. The van der Waals surface area contributed by atoms with Crippen molar-refractivity contribution in [3.05, 3.63) is 10.7 Å². The zero-order valence-corrected chi connectivity index (χ0v) is 17.2. The summed E-state index contributed by atoms with van der Waals surface area (Å²) in [5.41, 5.74) is 6.05. The van der Waals surface area contributed by atoms with E-state index in [-0.39, 0.29) is 40.2 Å². The molecule has 5 N–H and O–H groups in total. The van der Waals surface area contributed by atoms with Crippen LogP contribution in [0.1, 0.15) is 39.2 Å². The normalized spacial score (nSPS) is 26.5. The van der Waals surface area contributed by atoms with Crippen molar-refractivity contribution in [3.8, 4) is 0 Å². The Morgan fingerprint density at radius 1 is 1.54 bits per heavy atom. The molecule has 1 aromatic rings. The summed E-state index contributed by atoms with van der Waals surface area (Å²) in [4.78, 5) is 8.97. The number of thiocarbonyl (C=S) groups is 1. The Bertz CT molecular complexity index is 662. The zero-order valence-electron chi connectivity index (χ0n) is 15.7. The molecule has 0 bridgehead atoms. The molecule has 0 aliphatic heterocycles. The van der Waals surface area contributed by atoms with Crippen molar-refractivity contribution < 1.29 is 9.84 Å². The molecule has 0 aromatic carbocycles. The number of aliphatic hydroxyl groups excluding tert-OH is 1. The number of nitrogens with one attached hydrogen (secondary N) is 2. The van der Waals surface area contributed by atoms with Crippen LogP contribution in [0, 0.1) is 11.8 Å². The van der Waals surface area contributed by atoms with E-state index >= 15 is 0 Å². The number of aromatic nitrogens is 2. The predicted molar refractivity (Wildman–Crippen MR) is 109 cm³/mol. The van der Waals surface area contributed by atoms with Crippen molar-refractivity contribution in [2.75, 3.05) is 31.0 Å². The van der Waals surface area contributed by atoms with Crippen LogP contribution < -0.4 is 16.4 Å².